The summed E-state index contributed by atoms with van der Waals surface area (Å²) < 4.78 is 1.75. The van der Waals surface area contributed by atoms with Crippen molar-refractivity contribution >= 4 is 10.9 Å². The van der Waals surface area contributed by atoms with Crippen molar-refractivity contribution in [3.63, 3.8) is 0 Å². The largest absolute Gasteiger partial charge is 0.299 e. The van der Waals surface area contributed by atoms with Crippen molar-refractivity contribution in [3.8, 4) is 0 Å². The van der Waals surface area contributed by atoms with Crippen LogP contribution in [0.5, 0.6) is 0 Å². The Kier molecular flexibility index (Phi) is 4.52. The molecule has 5 heteroatoms. The van der Waals surface area contributed by atoms with Gasteiger partial charge in [0.25, 0.3) is 5.56 Å². The minimum Gasteiger partial charge on any atom is -0.299 e. The highest BCUT2D eigenvalue weighted by Crippen LogP contribution is 2.22. The van der Waals surface area contributed by atoms with Gasteiger partial charge in [-0.1, -0.05) is 6.42 Å². The van der Waals surface area contributed by atoms with E-state index < -0.39 is 0 Å². The van der Waals surface area contributed by atoms with Gasteiger partial charge in [-0.2, -0.15) is 0 Å². The van der Waals surface area contributed by atoms with Gasteiger partial charge in [0.2, 0.25) is 0 Å². The molecule has 3 rings (SSSR count). The molecule has 1 fully saturated rings. The van der Waals surface area contributed by atoms with Crippen LogP contribution in [-0.2, 0) is 6.54 Å². The second-order valence-corrected chi connectivity index (χ2v) is 6.41. The Morgan fingerprint density at radius 1 is 1.36 bits per heavy atom. The highest BCUT2D eigenvalue weighted by molar-refractivity contribution is 5.75. The Morgan fingerprint density at radius 2 is 2.23 bits per heavy atom. The standard InChI is InChI=1S/C17H24N4O/c1-13(2)21-9-4-3-5-14(21)7-10-20-12-19-16-11-18-8-6-15(16)17(20)22/h6,8,11-14H,3-5,7,9-10H2,1-2H3. The molecule has 1 unspecified atom stereocenters. The predicted octanol–water partition coefficient (Wildman–Crippen LogP) is 2.44. The molecule has 2 aromatic rings. The summed E-state index contributed by atoms with van der Waals surface area (Å²) in [7, 11) is 0. The van der Waals surface area contributed by atoms with E-state index in [9.17, 15) is 4.79 Å². The second kappa shape index (κ2) is 6.57. The van der Waals surface area contributed by atoms with Crippen molar-refractivity contribution in [2.75, 3.05) is 6.54 Å². The zero-order valence-electron chi connectivity index (χ0n) is 13.4. The van der Waals surface area contributed by atoms with Crippen LogP contribution < -0.4 is 5.56 Å². The van der Waals surface area contributed by atoms with E-state index in [0.29, 0.717) is 23.0 Å². The summed E-state index contributed by atoms with van der Waals surface area (Å²) in [6.45, 7) is 6.43. The molecule has 0 amide bonds. The molecule has 1 atom stereocenters. The number of aromatic nitrogens is 3. The molecule has 0 N–H and O–H groups in total. The lowest BCUT2D eigenvalue weighted by Gasteiger charge is -2.38. The van der Waals surface area contributed by atoms with Gasteiger partial charge in [0.15, 0.2) is 0 Å². The molecule has 1 aliphatic rings. The first-order valence-corrected chi connectivity index (χ1v) is 8.21. The third-order valence-corrected chi connectivity index (χ3v) is 4.67. The molecular formula is C17H24N4O. The molecule has 0 spiro atoms. The number of hydrogen-bond donors (Lipinski definition) is 0. The molecule has 22 heavy (non-hydrogen) atoms. The maximum atomic E-state index is 12.5. The quantitative estimate of drug-likeness (QED) is 0.870. The van der Waals surface area contributed by atoms with Crippen LogP contribution in [0.25, 0.3) is 10.9 Å². The van der Waals surface area contributed by atoms with Crippen LogP contribution in [0.3, 0.4) is 0 Å². The Morgan fingerprint density at radius 3 is 3.05 bits per heavy atom. The van der Waals surface area contributed by atoms with Gasteiger partial charge in [-0.3, -0.25) is 19.2 Å². The smallest absolute Gasteiger partial charge is 0.261 e. The van der Waals surface area contributed by atoms with Gasteiger partial charge in [-0.05, 0) is 45.7 Å². The molecule has 0 bridgehead atoms. The average Bonchev–Trinajstić information content (AvgIpc) is 2.55. The summed E-state index contributed by atoms with van der Waals surface area (Å²) in [6, 6.07) is 2.90. The van der Waals surface area contributed by atoms with E-state index in [2.05, 4.69) is 28.7 Å². The van der Waals surface area contributed by atoms with E-state index in [1.54, 1.807) is 29.4 Å². The highest BCUT2D eigenvalue weighted by atomic mass is 16.1. The van der Waals surface area contributed by atoms with Gasteiger partial charge < -0.3 is 0 Å². The summed E-state index contributed by atoms with van der Waals surface area (Å²) >= 11 is 0. The van der Waals surface area contributed by atoms with Gasteiger partial charge in [0.1, 0.15) is 0 Å². The molecule has 0 radical (unpaired) electrons. The zero-order chi connectivity index (χ0) is 15.5. The van der Waals surface area contributed by atoms with E-state index in [0.717, 1.165) is 13.0 Å². The number of likely N-dealkylation sites (tertiary alicyclic amines) is 1. The topological polar surface area (TPSA) is 51.0 Å². The molecule has 1 saturated heterocycles. The first kappa shape index (κ1) is 15.2. The van der Waals surface area contributed by atoms with Crippen LogP contribution >= 0.6 is 0 Å². The SMILES string of the molecule is CC(C)N1CCCCC1CCn1cnc2cnccc2c1=O. The fraction of sp³-hybridized carbons (Fsp3) is 0.588. The van der Waals surface area contributed by atoms with Gasteiger partial charge in [0, 0.05) is 24.8 Å². The van der Waals surface area contributed by atoms with Gasteiger partial charge in [-0.25, -0.2) is 4.98 Å². The Balaban J connectivity index is 1.76. The highest BCUT2D eigenvalue weighted by Gasteiger charge is 2.24. The molecular weight excluding hydrogens is 276 g/mol. The zero-order valence-corrected chi connectivity index (χ0v) is 13.4. The van der Waals surface area contributed by atoms with Crippen LogP contribution in [0, 0.1) is 0 Å². The molecule has 0 saturated carbocycles. The van der Waals surface area contributed by atoms with Crippen molar-refractivity contribution in [2.45, 2.75) is 58.2 Å². The number of nitrogens with zero attached hydrogens (tertiary/aromatic N) is 4. The van der Waals surface area contributed by atoms with Crippen molar-refractivity contribution in [1.29, 1.82) is 0 Å². The predicted molar refractivity (Wildman–Crippen MR) is 87.9 cm³/mol. The van der Waals surface area contributed by atoms with Crippen molar-refractivity contribution in [3.05, 3.63) is 35.1 Å². The van der Waals surface area contributed by atoms with E-state index in [1.807, 2.05) is 0 Å². The fourth-order valence-electron chi connectivity index (χ4n) is 3.47. The van der Waals surface area contributed by atoms with Gasteiger partial charge >= 0.3 is 0 Å². The normalized spacial score (nSPS) is 19.9. The van der Waals surface area contributed by atoms with Crippen LogP contribution in [-0.4, -0.2) is 38.1 Å². The Bertz CT molecular complexity index is 694. The lowest BCUT2D eigenvalue weighted by molar-refractivity contribution is 0.102. The number of hydrogen-bond acceptors (Lipinski definition) is 4. The minimum absolute atomic E-state index is 0.0410. The van der Waals surface area contributed by atoms with Gasteiger partial charge in [0.05, 0.1) is 23.4 Å². The summed E-state index contributed by atoms with van der Waals surface area (Å²) in [5.74, 6) is 0. The second-order valence-electron chi connectivity index (χ2n) is 6.41. The first-order chi connectivity index (χ1) is 10.7. The Labute approximate surface area is 131 Å². The molecule has 118 valence electrons. The van der Waals surface area contributed by atoms with Crippen LogP contribution in [0.2, 0.25) is 0 Å². The third kappa shape index (κ3) is 3.04. The summed E-state index contributed by atoms with van der Waals surface area (Å²) in [4.78, 5) is 23.4. The number of rotatable bonds is 4. The Hall–Kier alpha value is -1.75. The van der Waals surface area contributed by atoms with Crippen molar-refractivity contribution in [2.24, 2.45) is 0 Å². The lowest BCUT2D eigenvalue weighted by Crippen LogP contribution is -2.44. The molecule has 5 nitrogen and oxygen atoms in total. The van der Waals surface area contributed by atoms with E-state index in [4.69, 9.17) is 0 Å². The average molecular weight is 300 g/mol. The van der Waals surface area contributed by atoms with Gasteiger partial charge in [-0.15, -0.1) is 0 Å². The maximum Gasteiger partial charge on any atom is 0.261 e. The maximum absolute atomic E-state index is 12.5. The summed E-state index contributed by atoms with van der Waals surface area (Å²) in [5, 5.41) is 0.654. The third-order valence-electron chi connectivity index (χ3n) is 4.67. The molecule has 0 aliphatic carbocycles. The van der Waals surface area contributed by atoms with E-state index in [-0.39, 0.29) is 5.56 Å². The van der Waals surface area contributed by atoms with Crippen LogP contribution in [0.15, 0.2) is 29.6 Å². The minimum atomic E-state index is 0.0410. The van der Waals surface area contributed by atoms with Crippen LogP contribution in [0.1, 0.15) is 39.5 Å². The van der Waals surface area contributed by atoms with Crippen LogP contribution in [0.4, 0.5) is 0 Å². The molecule has 1 aliphatic heterocycles. The number of fused-ring (bicyclic) bond motifs is 1. The monoisotopic (exact) mass is 300 g/mol. The van der Waals surface area contributed by atoms with E-state index in [1.165, 1.54) is 25.8 Å². The molecule has 3 heterocycles. The summed E-state index contributed by atoms with van der Waals surface area (Å²) in [6.07, 6.45) is 9.78. The summed E-state index contributed by atoms with van der Waals surface area (Å²) in [5.41, 5.74) is 0.713. The fourth-order valence-corrected chi connectivity index (χ4v) is 3.47. The number of piperidine rings is 1. The first-order valence-electron chi connectivity index (χ1n) is 8.21. The number of aryl methyl sites for hydroxylation is 1. The molecule has 0 aromatic carbocycles. The number of pyridine rings is 1. The van der Waals surface area contributed by atoms with Crippen molar-refractivity contribution < 1.29 is 0 Å². The van der Waals surface area contributed by atoms with E-state index >= 15 is 0 Å². The molecule has 2 aromatic heterocycles. The van der Waals surface area contributed by atoms with Crippen molar-refractivity contribution in [1.82, 2.24) is 19.4 Å². The lowest BCUT2D eigenvalue weighted by atomic mass is 9.98.